The quantitative estimate of drug-likeness (QED) is 0.160. The third-order valence-electron chi connectivity index (χ3n) is 11.6. The third kappa shape index (κ3) is 5.82. The summed E-state index contributed by atoms with van der Waals surface area (Å²) in [5.41, 5.74) is 9.22. The Balaban J connectivity index is 1.37. The average molecular weight is 783 g/mol. The van der Waals surface area contributed by atoms with E-state index in [2.05, 4.69) is 95.8 Å². The van der Waals surface area contributed by atoms with Crippen LogP contribution < -0.4 is 0 Å². The number of nitrogens with zero attached hydrogens (tertiary/aromatic N) is 4. The number of hydrogen-bond acceptors (Lipinski definition) is 1. The molecule has 0 radical (unpaired) electrons. The number of rotatable bonds is 5. The summed E-state index contributed by atoms with van der Waals surface area (Å²) in [7, 11) is 0. The molecule has 10 aromatic rings. The summed E-state index contributed by atoms with van der Waals surface area (Å²) < 4.78 is 49.2. The Morgan fingerprint density at radius 1 is 0.500 bits per heavy atom. The van der Waals surface area contributed by atoms with Crippen molar-refractivity contribution >= 4 is 49.3 Å². The maximum Gasteiger partial charge on any atom is 0.415 e. The monoisotopic (exact) mass is 782 g/mol. The highest BCUT2D eigenvalue weighted by Gasteiger charge is 2.35. The van der Waals surface area contributed by atoms with Gasteiger partial charge in [0.15, 0.2) is 5.69 Å². The van der Waals surface area contributed by atoms with E-state index in [1.807, 2.05) is 71.5 Å². The van der Waals surface area contributed by atoms with Crippen LogP contribution >= 0.6 is 0 Å². The number of nitriles is 1. The van der Waals surface area contributed by atoms with Crippen molar-refractivity contribution in [2.24, 2.45) is 0 Å². The van der Waals surface area contributed by atoms with Gasteiger partial charge in [-0.1, -0.05) is 139 Å². The largest absolute Gasteiger partial charge is 0.415 e. The molecular formula is C53H33F3N4. The van der Waals surface area contributed by atoms with Crippen molar-refractivity contribution in [1.82, 2.24) is 9.13 Å². The number of aromatic nitrogens is 2. The van der Waals surface area contributed by atoms with Crippen LogP contribution in [-0.4, -0.2) is 9.13 Å². The number of fused-ring (bicyclic) bond motifs is 6. The van der Waals surface area contributed by atoms with Gasteiger partial charge in [-0.2, -0.15) is 18.4 Å². The zero-order chi connectivity index (χ0) is 41.3. The number of halogens is 3. The van der Waals surface area contributed by atoms with Crippen molar-refractivity contribution in [2.75, 3.05) is 0 Å². The predicted molar refractivity (Wildman–Crippen MR) is 237 cm³/mol. The standard InChI is InChI=1S/C53H33F3N4/c1-32-15-19-34(20-16-32)36-23-25-41-39-9-4-6-13-46(39)59(48(41)27-36)50-29-38(52-44(53(54,55)56)11-8-12-45(52)58-3)30-51(43(50)31-57)60-47-14-7-5-10-40(47)42-26-24-37(28-49(42)60)35-21-17-33(2)18-22-35/h4-30H,1-2H3. The lowest BCUT2D eigenvalue weighted by Gasteiger charge is -2.21. The van der Waals surface area contributed by atoms with Crippen molar-refractivity contribution in [3.63, 3.8) is 0 Å². The normalized spacial score (nSPS) is 11.7. The molecule has 8 aromatic carbocycles. The minimum Gasteiger partial charge on any atom is -0.308 e. The molecule has 0 N–H and O–H groups in total. The maximum atomic E-state index is 15.1. The van der Waals surface area contributed by atoms with Crippen LogP contribution in [0.4, 0.5) is 18.9 Å². The number of para-hydroxylation sites is 2. The number of alkyl halides is 3. The van der Waals surface area contributed by atoms with E-state index in [1.54, 1.807) is 12.1 Å². The summed E-state index contributed by atoms with van der Waals surface area (Å²) >= 11 is 0. The molecule has 0 spiro atoms. The first-order valence-electron chi connectivity index (χ1n) is 19.5. The van der Waals surface area contributed by atoms with E-state index >= 15 is 13.2 Å². The number of hydrogen-bond donors (Lipinski definition) is 0. The molecule has 0 aliphatic heterocycles. The van der Waals surface area contributed by atoms with Crippen LogP contribution in [0.5, 0.6) is 0 Å². The second kappa shape index (κ2) is 13.9. The first kappa shape index (κ1) is 36.5. The molecule has 0 aliphatic rings. The predicted octanol–water partition coefficient (Wildman–Crippen LogP) is 14.9. The summed E-state index contributed by atoms with van der Waals surface area (Å²) in [4.78, 5) is 3.62. The van der Waals surface area contributed by atoms with Crippen LogP contribution in [0.2, 0.25) is 0 Å². The number of benzene rings is 8. The lowest BCUT2D eigenvalue weighted by atomic mass is 9.94. The molecule has 4 nitrogen and oxygen atoms in total. The molecule has 10 rings (SSSR count). The van der Waals surface area contributed by atoms with Gasteiger partial charge in [-0.25, -0.2) is 4.85 Å². The van der Waals surface area contributed by atoms with Crippen LogP contribution in [0.3, 0.4) is 0 Å². The first-order chi connectivity index (χ1) is 29.1. The van der Waals surface area contributed by atoms with Crippen LogP contribution in [0.15, 0.2) is 164 Å². The van der Waals surface area contributed by atoms with Crippen molar-refractivity contribution in [1.29, 1.82) is 5.26 Å². The van der Waals surface area contributed by atoms with Gasteiger partial charge in [0.1, 0.15) is 11.6 Å². The maximum absolute atomic E-state index is 15.1. The highest BCUT2D eigenvalue weighted by atomic mass is 19.4. The van der Waals surface area contributed by atoms with Crippen LogP contribution in [0.1, 0.15) is 22.3 Å². The Hall–Kier alpha value is -7.87. The Morgan fingerprint density at radius 2 is 0.950 bits per heavy atom. The molecule has 0 saturated heterocycles. The third-order valence-corrected chi connectivity index (χ3v) is 11.6. The van der Waals surface area contributed by atoms with E-state index in [4.69, 9.17) is 6.57 Å². The van der Waals surface area contributed by atoms with Gasteiger partial charge in [-0.15, -0.1) is 0 Å². The molecule has 0 fully saturated rings. The molecule has 7 heteroatoms. The van der Waals surface area contributed by atoms with Gasteiger partial charge in [0, 0.05) is 21.5 Å². The minimum atomic E-state index is -4.77. The van der Waals surface area contributed by atoms with Gasteiger partial charge in [-0.05, 0) is 83.6 Å². The van der Waals surface area contributed by atoms with E-state index in [-0.39, 0.29) is 22.4 Å². The van der Waals surface area contributed by atoms with E-state index in [1.165, 1.54) is 12.1 Å². The fourth-order valence-electron chi connectivity index (χ4n) is 8.71. The molecule has 0 atom stereocenters. The summed E-state index contributed by atoms with van der Waals surface area (Å²) in [6.45, 7) is 12.1. The molecule has 286 valence electrons. The fourth-order valence-corrected chi connectivity index (χ4v) is 8.71. The molecule has 0 saturated carbocycles. The summed E-state index contributed by atoms with van der Waals surface area (Å²) in [5, 5.41) is 15.1. The zero-order valence-corrected chi connectivity index (χ0v) is 32.5. The van der Waals surface area contributed by atoms with Crippen molar-refractivity contribution in [3.05, 3.63) is 197 Å². The van der Waals surface area contributed by atoms with Crippen LogP contribution in [0.25, 0.3) is 93.2 Å². The molecular weight excluding hydrogens is 750 g/mol. The highest BCUT2D eigenvalue weighted by Crippen LogP contribution is 2.46. The van der Waals surface area contributed by atoms with E-state index in [0.717, 1.165) is 83.1 Å². The second-order valence-corrected chi connectivity index (χ2v) is 15.2. The van der Waals surface area contributed by atoms with Gasteiger partial charge >= 0.3 is 6.18 Å². The average Bonchev–Trinajstić information content (AvgIpc) is 3.77. The van der Waals surface area contributed by atoms with Gasteiger partial charge in [0.2, 0.25) is 0 Å². The van der Waals surface area contributed by atoms with E-state index in [9.17, 15) is 5.26 Å². The van der Waals surface area contributed by atoms with Crippen LogP contribution in [-0.2, 0) is 6.18 Å². The summed E-state index contributed by atoms with van der Waals surface area (Å²) in [5.74, 6) is 0. The minimum absolute atomic E-state index is 0.140. The van der Waals surface area contributed by atoms with E-state index < -0.39 is 11.7 Å². The van der Waals surface area contributed by atoms with Crippen molar-refractivity contribution in [3.8, 4) is 50.8 Å². The van der Waals surface area contributed by atoms with Gasteiger partial charge in [0.05, 0.1) is 45.6 Å². The molecule has 2 heterocycles. The van der Waals surface area contributed by atoms with Crippen LogP contribution in [0, 0.1) is 31.8 Å². The first-order valence-corrected chi connectivity index (χ1v) is 19.5. The second-order valence-electron chi connectivity index (χ2n) is 15.2. The fraction of sp³-hybridized carbons (Fsp3) is 0.0566. The summed E-state index contributed by atoms with van der Waals surface area (Å²) in [6, 6.07) is 54.2. The Bertz CT molecular complexity index is 3260. The van der Waals surface area contributed by atoms with Crippen molar-refractivity contribution in [2.45, 2.75) is 20.0 Å². The highest BCUT2D eigenvalue weighted by molar-refractivity contribution is 6.12. The lowest BCUT2D eigenvalue weighted by molar-refractivity contribution is -0.137. The molecule has 60 heavy (non-hydrogen) atoms. The van der Waals surface area contributed by atoms with Gasteiger partial charge < -0.3 is 9.13 Å². The molecule has 0 amide bonds. The number of aryl methyl sites for hydroxylation is 2. The molecule has 0 aliphatic carbocycles. The summed E-state index contributed by atoms with van der Waals surface area (Å²) in [6.07, 6.45) is -4.77. The van der Waals surface area contributed by atoms with Crippen molar-refractivity contribution < 1.29 is 13.2 Å². The SMILES string of the molecule is [C-]#[N+]c1cccc(C(F)(F)F)c1-c1cc(-n2c3ccccc3c3ccc(-c4ccc(C)cc4)cc32)c(C#N)c(-n2c3ccccc3c3ccc(-c4ccc(C)cc4)cc32)c1. The Labute approximate surface area is 344 Å². The molecule has 2 aromatic heterocycles. The topological polar surface area (TPSA) is 38.0 Å². The lowest BCUT2D eigenvalue weighted by Crippen LogP contribution is -2.09. The van der Waals surface area contributed by atoms with Gasteiger partial charge in [-0.3, -0.25) is 0 Å². The van der Waals surface area contributed by atoms with E-state index in [0.29, 0.717) is 11.4 Å². The Kier molecular flexibility index (Phi) is 8.45. The molecule has 0 bridgehead atoms. The molecule has 0 unspecified atom stereocenters. The smallest absolute Gasteiger partial charge is 0.308 e. The van der Waals surface area contributed by atoms with Gasteiger partial charge in [0.25, 0.3) is 0 Å². The Morgan fingerprint density at radius 3 is 1.40 bits per heavy atom. The zero-order valence-electron chi connectivity index (χ0n) is 32.5.